The fraction of sp³-hybridized carbons (Fsp3) is 0.400. The lowest BCUT2D eigenvalue weighted by Gasteiger charge is -2.36. The first kappa shape index (κ1) is 22.2. The van der Waals surface area contributed by atoms with Gasteiger partial charge >= 0.3 is 6.03 Å². The lowest BCUT2D eigenvalue weighted by atomic mass is 10.00. The third kappa shape index (κ3) is 4.19. The second-order valence-electron chi connectivity index (χ2n) is 9.10. The molecule has 0 aromatic heterocycles. The summed E-state index contributed by atoms with van der Waals surface area (Å²) in [4.78, 5) is 44.4. The molecule has 34 heavy (non-hydrogen) atoms. The zero-order valence-corrected chi connectivity index (χ0v) is 19.5. The molecule has 5 rings (SSSR count). The van der Waals surface area contributed by atoms with Crippen molar-refractivity contribution in [2.75, 3.05) is 61.9 Å². The van der Waals surface area contributed by atoms with Crippen molar-refractivity contribution in [2.45, 2.75) is 18.9 Å². The van der Waals surface area contributed by atoms with Gasteiger partial charge in [0.1, 0.15) is 12.3 Å². The monoisotopic (exact) mass is 463 g/mol. The third-order valence-electron chi connectivity index (χ3n) is 6.68. The molecule has 0 spiro atoms. The van der Waals surface area contributed by atoms with E-state index in [4.69, 9.17) is 4.74 Å². The van der Waals surface area contributed by atoms with Gasteiger partial charge in [0, 0.05) is 38.9 Å². The van der Waals surface area contributed by atoms with Crippen LogP contribution in [0.25, 0.3) is 0 Å². The Kier molecular flexibility index (Phi) is 5.87. The molecule has 0 bridgehead atoms. The maximum absolute atomic E-state index is 13.0. The van der Waals surface area contributed by atoms with Crippen LogP contribution in [-0.4, -0.2) is 80.6 Å². The molecule has 2 aromatic rings. The van der Waals surface area contributed by atoms with E-state index < -0.39 is 6.10 Å². The Bertz CT molecular complexity index is 1110. The summed E-state index contributed by atoms with van der Waals surface area (Å²) in [7, 11) is 3.72. The molecule has 1 N–H and O–H groups in total. The summed E-state index contributed by atoms with van der Waals surface area (Å²) in [5.41, 5.74) is 3.26. The summed E-state index contributed by atoms with van der Waals surface area (Å²) in [6.07, 6.45) is 0.795. The Labute approximate surface area is 198 Å². The van der Waals surface area contributed by atoms with Gasteiger partial charge in [-0.25, -0.2) is 9.69 Å². The number of benzene rings is 2. The number of anilines is 3. The summed E-state index contributed by atoms with van der Waals surface area (Å²) in [6, 6.07) is 12.6. The second-order valence-corrected chi connectivity index (χ2v) is 9.10. The molecule has 2 aromatic carbocycles. The fourth-order valence-electron chi connectivity index (χ4n) is 4.66. The highest BCUT2D eigenvalue weighted by atomic mass is 16.5. The Morgan fingerprint density at radius 1 is 1.00 bits per heavy atom. The summed E-state index contributed by atoms with van der Waals surface area (Å²) >= 11 is 0. The Hall–Kier alpha value is -3.59. The molecule has 3 aliphatic rings. The average molecular weight is 464 g/mol. The van der Waals surface area contributed by atoms with Gasteiger partial charge in [0.2, 0.25) is 0 Å². The van der Waals surface area contributed by atoms with Crippen molar-refractivity contribution in [2.24, 2.45) is 0 Å². The van der Waals surface area contributed by atoms with Crippen LogP contribution in [-0.2, 0) is 16.0 Å². The molecule has 9 heteroatoms. The lowest BCUT2D eigenvalue weighted by molar-refractivity contribution is -0.123. The molecule has 178 valence electrons. The van der Waals surface area contributed by atoms with E-state index in [1.54, 1.807) is 31.3 Å². The predicted molar refractivity (Wildman–Crippen MR) is 129 cm³/mol. The van der Waals surface area contributed by atoms with Crippen LogP contribution in [0.15, 0.2) is 42.5 Å². The van der Waals surface area contributed by atoms with Crippen molar-refractivity contribution in [1.82, 2.24) is 9.80 Å². The van der Waals surface area contributed by atoms with Crippen molar-refractivity contribution in [3.05, 3.63) is 48.0 Å². The van der Waals surface area contributed by atoms with Gasteiger partial charge in [-0.05, 0) is 55.8 Å². The van der Waals surface area contributed by atoms with E-state index in [-0.39, 0.29) is 24.4 Å². The lowest BCUT2D eigenvalue weighted by Crippen LogP contribution is -2.45. The molecule has 0 aliphatic carbocycles. The van der Waals surface area contributed by atoms with E-state index in [0.717, 1.165) is 54.5 Å². The number of para-hydroxylation sites is 1. The number of fused-ring (bicyclic) bond motifs is 1. The zero-order chi connectivity index (χ0) is 23.8. The summed E-state index contributed by atoms with van der Waals surface area (Å²) in [6.45, 7) is 3.91. The maximum atomic E-state index is 13.0. The fourth-order valence-corrected chi connectivity index (χ4v) is 4.66. The second kappa shape index (κ2) is 8.98. The number of carbonyl (C=O) groups is 3. The van der Waals surface area contributed by atoms with Crippen molar-refractivity contribution in [3.8, 4) is 5.75 Å². The first-order chi connectivity index (χ1) is 16.4. The number of hydrogen-bond donors (Lipinski definition) is 1. The first-order valence-corrected chi connectivity index (χ1v) is 11.6. The molecule has 9 nitrogen and oxygen atoms in total. The summed E-state index contributed by atoms with van der Waals surface area (Å²) in [5, 5.41) is 2.91. The van der Waals surface area contributed by atoms with Crippen LogP contribution < -0.4 is 19.9 Å². The van der Waals surface area contributed by atoms with Crippen LogP contribution in [0.2, 0.25) is 0 Å². The minimum absolute atomic E-state index is 0.0634. The third-order valence-corrected chi connectivity index (χ3v) is 6.68. The topological polar surface area (TPSA) is 85.4 Å². The molecule has 1 unspecified atom stereocenters. The van der Waals surface area contributed by atoms with Gasteiger partial charge in [-0.15, -0.1) is 0 Å². The number of likely N-dealkylation sites (N-methyl/N-ethyl adjacent to an activating group) is 2. The van der Waals surface area contributed by atoms with Crippen LogP contribution in [0, 0.1) is 0 Å². The molecule has 1 atom stereocenters. The standard InChI is InChI=1S/C25H29N5O4/c1-27-12-14-29(15-13-27)20-5-3-4-17-6-11-21(34-23(17)20)24(32)26-18-7-9-19(10-8-18)30-22(31)16-28(2)25(30)33/h3-5,7-10,21H,6,11-16H2,1-2H3,(H,26,32). The normalized spacial score (nSPS) is 20.9. The van der Waals surface area contributed by atoms with Crippen LogP contribution in [0.1, 0.15) is 12.0 Å². The molecular formula is C25H29N5O4. The van der Waals surface area contributed by atoms with Gasteiger partial charge in [-0.1, -0.05) is 12.1 Å². The number of nitrogens with zero attached hydrogens (tertiary/aromatic N) is 4. The van der Waals surface area contributed by atoms with E-state index in [2.05, 4.69) is 40.4 Å². The van der Waals surface area contributed by atoms with Crippen molar-refractivity contribution < 1.29 is 19.1 Å². The highest BCUT2D eigenvalue weighted by Gasteiger charge is 2.35. The van der Waals surface area contributed by atoms with Crippen molar-refractivity contribution in [3.63, 3.8) is 0 Å². The maximum Gasteiger partial charge on any atom is 0.331 e. The number of rotatable bonds is 4. The molecule has 3 heterocycles. The molecular weight excluding hydrogens is 434 g/mol. The highest BCUT2D eigenvalue weighted by Crippen LogP contribution is 2.38. The van der Waals surface area contributed by atoms with Gasteiger partial charge in [0.15, 0.2) is 6.10 Å². The summed E-state index contributed by atoms with van der Waals surface area (Å²) in [5.74, 6) is 0.332. The number of urea groups is 1. The average Bonchev–Trinajstić information content (AvgIpc) is 3.10. The molecule has 3 aliphatic heterocycles. The number of carbonyl (C=O) groups excluding carboxylic acids is 3. The van der Waals surface area contributed by atoms with E-state index in [1.165, 1.54) is 4.90 Å². The van der Waals surface area contributed by atoms with Crippen molar-refractivity contribution >= 4 is 34.9 Å². The van der Waals surface area contributed by atoms with Crippen LogP contribution in [0.3, 0.4) is 0 Å². The number of imide groups is 1. The van der Waals surface area contributed by atoms with Gasteiger partial charge in [-0.3, -0.25) is 9.59 Å². The smallest absolute Gasteiger partial charge is 0.331 e. The zero-order valence-electron chi connectivity index (χ0n) is 19.5. The number of nitrogens with one attached hydrogen (secondary N) is 1. The van der Waals surface area contributed by atoms with Crippen LogP contribution in [0.4, 0.5) is 21.9 Å². The van der Waals surface area contributed by atoms with E-state index in [9.17, 15) is 14.4 Å². The van der Waals surface area contributed by atoms with E-state index >= 15 is 0 Å². The summed E-state index contributed by atoms with van der Waals surface area (Å²) < 4.78 is 6.25. The predicted octanol–water partition coefficient (Wildman–Crippen LogP) is 2.17. The molecule has 2 saturated heterocycles. The quantitative estimate of drug-likeness (QED) is 0.700. The van der Waals surface area contributed by atoms with Crippen LogP contribution in [0.5, 0.6) is 5.75 Å². The number of amides is 4. The number of piperazine rings is 1. The van der Waals surface area contributed by atoms with Crippen molar-refractivity contribution in [1.29, 1.82) is 0 Å². The van der Waals surface area contributed by atoms with Gasteiger partial charge in [-0.2, -0.15) is 0 Å². The Balaban J connectivity index is 1.26. The Morgan fingerprint density at radius 2 is 1.74 bits per heavy atom. The molecule has 0 saturated carbocycles. The molecule has 0 radical (unpaired) electrons. The number of hydrogen-bond acceptors (Lipinski definition) is 6. The van der Waals surface area contributed by atoms with Gasteiger partial charge in [0.05, 0.1) is 11.4 Å². The molecule has 2 fully saturated rings. The Morgan fingerprint density at radius 3 is 2.41 bits per heavy atom. The van der Waals surface area contributed by atoms with Gasteiger partial charge in [0.25, 0.3) is 11.8 Å². The first-order valence-electron chi connectivity index (χ1n) is 11.6. The van der Waals surface area contributed by atoms with Gasteiger partial charge < -0.3 is 24.8 Å². The largest absolute Gasteiger partial charge is 0.478 e. The minimum Gasteiger partial charge on any atom is -0.478 e. The van der Waals surface area contributed by atoms with E-state index in [1.807, 2.05) is 0 Å². The minimum atomic E-state index is -0.587. The number of aryl methyl sites for hydroxylation is 1. The van der Waals surface area contributed by atoms with E-state index in [0.29, 0.717) is 17.8 Å². The van der Waals surface area contributed by atoms with Crippen LogP contribution >= 0.6 is 0 Å². The highest BCUT2D eigenvalue weighted by molar-refractivity contribution is 6.19. The number of ether oxygens (including phenoxy) is 1. The molecule has 4 amide bonds. The SMILES string of the molecule is CN1CCN(c2cccc3c2OC(C(=O)Nc2ccc(N4C(=O)CN(C)C4=O)cc2)CC3)CC1.